The highest BCUT2D eigenvalue weighted by Gasteiger charge is 2.19. The van der Waals surface area contributed by atoms with Crippen molar-refractivity contribution in [3.05, 3.63) is 65.0 Å². The Bertz CT molecular complexity index is 846. The number of aryl methyl sites for hydroxylation is 2. The van der Waals surface area contributed by atoms with Gasteiger partial charge in [0.25, 0.3) is 5.91 Å². The number of halogens is 1. The number of anilines is 1. The van der Waals surface area contributed by atoms with Crippen molar-refractivity contribution in [2.75, 3.05) is 5.32 Å². The van der Waals surface area contributed by atoms with Crippen LogP contribution in [0.2, 0.25) is 0 Å². The Hall–Kier alpha value is -3.02. The van der Waals surface area contributed by atoms with Crippen molar-refractivity contribution in [3.8, 4) is 0 Å². The van der Waals surface area contributed by atoms with Crippen molar-refractivity contribution >= 4 is 23.3 Å². The molecule has 0 bridgehead atoms. The van der Waals surface area contributed by atoms with Crippen LogP contribution in [0.15, 0.2) is 42.5 Å². The van der Waals surface area contributed by atoms with Gasteiger partial charge < -0.3 is 10.1 Å². The fourth-order valence-corrected chi connectivity index (χ4v) is 2.47. The largest absolute Gasteiger partial charge is 0.453 e. The molecule has 0 unspecified atom stereocenters. The summed E-state index contributed by atoms with van der Waals surface area (Å²) >= 11 is 0. The first-order chi connectivity index (χ1) is 12.8. The number of ether oxygens (including phenoxy) is 1. The molecule has 0 saturated carbocycles. The van der Waals surface area contributed by atoms with Crippen LogP contribution in [0.5, 0.6) is 0 Å². The molecular formula is C21H22FNO4. The molecule has 27 heavy (non-hydrogen) atoms. The van der Waals surface area contributed by atoms with Crippen LogP contribution < -0.4 is 5.32 Å². The van der Waals surface area contributed by atoms with Crippen LogP contribution in [0.3, 0.4) is 0 Å². The molecule has 0 heterocycles. The molecule has 0 spiro atoms. The maximum Gasteiger partial charge on any atom is 0.307 e. The van der Waals surface area contributed by atoms with Gasteiger partial charge in [-0.15, -0.1) is 0 Å². The normalized spacial score (nSPS) is 11.6. The molecule has 6 heteroatoms. The van der Waals surface area contributed by atoms with E-state index in [2.05, 4.69) is 5.32 Å². The Morgan fingerprint density at radius 1 is 1.04 bits per heavy atom. The highest BCUT2D eigenvalue weighted by molar-refractivity contribution is 5.99. The van der Waals surface area contributed by atoms with Crippen molar-refractivity contribution in [3.63, 3.8) is 0 Å². The number of benzene rings is 2. The molecule has 0 radical (unpaired) electrons. The summed E-state index contributed by atoms with van der Waals surface area (Å²) in [5.41, 5.74) is 2.81. The van der Waals surface area contributed by atoms with Crippen LogP contribution in [0, 0.1) is 19.7 Å². The second kappa shape index (κ2) is 9.07. The standard InChI is InChI=1S/C21H22FNO4/c1-13-4-5-14(2)18(12-13)19(24)10-11-20(25)27-15(3)21(26)23-17-8-6-16(22)7-9-17/h4-9,12,15H,10-11H2,1-3H3,(H,23,26)/t15-/m1/s1. The monoisotopic (exact) mass is 371 g/mol. The number of hydrogen-bond acceptors (Lipinski definition) is 4. The number of Topliss-reactive ketones (excluding diaryl/α,β-unsaturated/α-hetero) is 1. The van der Waals surface area contributed by atoms with E-state index in [-0.39, 0.29) is 18.6 Å². The molecule has 2 aromatic carbocycles. The maximum absolute atomic E-state index is 12.9. The third-order valence-electron chi connectivity index (χ3n) is 4.04. The van der Waals surface area contributed by atoms with Gasteiger partial charge in [0.1, 0.15) is 5.82 Å². The van der Waals surface area contributed by atoms with Crippen LogP contribution in [-0.4, -0.2) is 23.8 Å². The van der Waals surface area contributed by atoms with Crippen LogP contribution in [0.1, 0.15) is 41.3 Å². The van der Waals surface area contributed by atoms with E-state index in [1.165, 1.54) is 31.2 Å². The summed E-state index contributed by atoms with van der Waals surface area (Å²) in [7, 11) is 0. The van der Waals surface area contributed by atoms with Crippen molar-refractivity contribution in [1.29, 1.82) is 0 Å². The van der Waals surface area contributed by atoms with E-state index >= 15 is 0 Å². The average Bonchev–Trinajstić information content (AvgIpc) is 2.63. The van der Waals surface area contributed by atoms with Gasteiger partial charge in [-0.1, -0.05) is 17.7 Å². The van der Waals surface area contributed by atoms with Crippen molar-refractivity contribution in [2.45, 2.75) is 39.7 Å². The van der Waals surface area contributed by atoms with Gasteiger partial charge in [-0.25, -0.2) is 4.39 Å². The lowest BCUT2D eigenvalue weighted by atomic mass is 9.99. The molecule has 0 fully saturated rings. The first kappa shape index (κ1) is 20.3. The minimum Gasteiger partial charge on any atom is -0.453 e. The van der Waals surface area contributed by atoms with Crippen LogP contribution in [0.4, 0.5) is 10.1 Å². The third-order valence-corrected chi connectivity index (χ3v) is 4.04. The van der Waals surface area contributed by atoms with E-state index in [9.17, 15) is 18.8 Å². The van der Waals surface area contributed by atoms with Crippen molar-refractivity contribution in [1.82, 2.24) is 0 Å². The number of nitrogens with one attached hydrogen (secondary N) is 1. The highest BCUT2D eigenvalue weighted by Crippen LogP contribution is 2.15. The summed E-state index contributed by atoms with van der Waals surface area (Å²) < 4.78 is 17.9. The topological polar surface area (TPSA) is 72.5 Å². The number of hydrogen-bond donors (Lipinski definition) is 1. The summed E-state index contributed by atoms with van der Waals surface area (Å²) in [5, 5.41) is 2.53. The van der Waals surface area contributed by atoms with E-state index in [0.717, 1.165) is 11.1 Å². The van der Waals surface area contributed by atoms with Gasteiger partial charge >= 0.3 is 5.97 Å². The molecule has 2 aromatic rings. The lowest BCUT2D eigenvalue weighted by molar-refractivity contribution is -0.153. The minimum absolute atomic E-state index is 0.00935. The van der Waals surface area contributed by atoms with Gasteiger partial charge in [0.05, 0.1) is 6.42 Å². The van der Waals surface area contributed by atoms with Crippen LogP contribution in [-0.2, 0) is 14.3 Å². The summed E-state index contributed by atoms with van der Waals surface area (Å²) in [6, 6.07) is 10.8. The van der Waals surface area contributed by atoms with Gasteiger partial charge in [-0.3, -0.25) is 14.4 Å². The molecule has 0 aromatic heterocycles. The molecule has 2 rings (SSSR count). The molecule has 0 aliphatic rings. The first-order valence-electron chi connectivity index (χ1n) is 8.62. The molecule has 0 saturated heterocycles. The minimum atomic E-state index is -1.03. The zero-order chi connectivity index (χ0) is 20.0. The molecule has 142 valence electrons. The number of amides is 1. The molecule has 0 aliphatic carbocycles. The van der Waals surface area contributed by atoms with E-state index < -0.39 is 23.8 Å². The smallest absolute Gasteiger partial charge is 0.307 e. The van der Waals surface area contributed by atoms with E-state index in [1.54, 1.807) is 6.07 Å². The predicted molar refractivity (Wildman–Crippen MR) is 100 cm³/mol. The van der Waals surface area contributed by atoms with Crippen molar-refractivity contribution in [2.24, 2.45) is 0 Å². The Balaban J connectivity index is 1.83. The molecule has 1 N–H and O–H groups in total. The number of rotatable bonds is 7. The molecule has 0 aliphatic heterocycles. The van der Waals surface area contributed by atoms with Crippen molar-refractivity contribution < 1.29 is 23.5 Å². The zero-order valence-corrected chi connectivity index (χ0v) is 15.5. The summed E-state index contributed by atoms with van der Waals surface area (Å²) in [6.45, 7) is 5.17. The molecule has 1 amide bonds. The SMILES string of the molecule is Cc1ccc(C)c(C(=O)CCC(=O)O[C@H](C)C(=O)Nc2ccc(F)cc2)c1. The first-order valence-corrected chi connectivity index (χ1v) is 8.62. The van der Waals surface area contributed by atoms with Gasteiger partial charge in [0.2, 0.25) is 0 Å². The van der Waals surface area contributed by atoms with E-state index in [1.807, 2.05) is 26.0 Å². The quantitative estimate of drug-likeness (QED) is 0.590. The highest BCUT2D eigenvalue weighted by atomic mass is 19.1. The molecule has 5 nitrogen and oxygen atoms in total. The van der Waals surface area contributed by atoms with Gasteiger partial charge in [0, 0.05) is 17.7 Å². The maximum atomic E-state index is 12.9. The average molecular weight is 371 g/mol. The lowest BCUT2D eigenvalue weighted by Gasteiger charge is -2.13. The second-order valence-corrected chi connectivity index (χ2v) is 6.37. The summed E-state index contributed by atoms with van der Waals surface area (Å²) in [4.78, 5) is 36.3. The van der Waals surface area contributed by atoms with Gasteiger partial charge in [-0.2, -0.15) is 0 Å². The third kappa shape index (κ3) is 6.02. The van der Waals surface area contributed by atoms with E-state index in [4.69, 9.17) is 4.74 Å². The Labute approximate surface area is 157 Å². The van der Waals surface area contributed by atoms with Crippen LogP contribution in [0.25, 0.3) is 0 Å². The summed E-state index contributed by atoms with van der Waals surface area (Å²) in [5.74, 6) is -1.72. The number of esters is 1. The van der Waals surface area contributed by atoms with Crippen LogP contribution >= 0.6 is 0 Å². The number of ketones is 1. The fourth-order valence-electron chi connectivity index (χ4n) is 2.47. The van der Waals surface area contributed by atoms with Gasteiger partial charge in [0.15, 0.2) is 11.9 Å². The second-order valence-electron chi connectivity index (χ2n) is 6.37. The Morgan fingerprint density at radius 3 is 2.37 bits per heavy atom. The van der Waals surface area contributed by atoms with E-state index in [0.29, 0.717) is 11.3 Å². The summed E-state index contributed by atoms with van der Waals surface area (Å²) in [6.07, 6.45) is -1.13. The Kier molecular flexibility index (Phi) is 6.82. The predicted octanol–water partition coefficient (Wildman–Crippen LogP) is 3.98. The Morgan fingerprint density at radius 2 is 1.70 bits per heavy atom. The fraction of sp³-hybridized carbons (Fsp3) is 0.286. The molecule has 1 atom stereocenters. The van der Waals surface area contributed by atoms with Gasteiger partial charge in [-0.05, 0) is 56.7 Å². The number of carbonyl (C=O) groups excluding carboxylic acids is 3. The zero-order valence-electron chi connectivity index (χ0n) is 15.5. The number of carbonyl (C=O) groups is 3. The lowest BCUT2D eigenvalue weighted by Crippen LogP contribution is -2.30. The molecular weight excluding hydrogens is 349 g/mol.